The predicted molar refractivity (Wildman–Crippen MR) is 110 cm³/mol. The summed E-state index contributed by atoms with van der Waals surface area (Å²) >= 11 is 0. The number of nitrogens with one attached hydrogen (secondary N) is 2. The second-order valence-electron chi connectivity index (χ2n) is 6.64. The van der Waals surface area contributed by atoms with Crippen molar-refractivity contribution in [3.63, 3.8) is 0 Å². The molecule has 1 aromatic heterocycles. The number of fused-ring (bicyclic) bond motifs is 1. The minimum Gasteiger partial charge on any atom is -0.489 e. The lowest BCUT2D eigenvalue weighted by Gasteiger charge is -2.22. The van der Waals surface area contributed by atoms with Gasteiger partial charge in [0, 0.05) is 6.54 Å². The molecule has 0 saturated heterocycles. The van der Waals surface area contributed by atoms with Gasteiger partial charge < -0.3 is 19.9 Å². The first-order valence-corrected chi connectivity index (χ1v) is 9.27. The maximum absolute atomic E-state index is 12.8. The van der Waals surface area contributed by atoms with Crippen LogP contribution in [0.5, 0.6) is 5.75 Å². The van der Waals surface area contributed by atoms with Crippen LogP contribution in [0.3, 0.4) is 0 Å². The second kappa shape index (κ2) is 8.56. The third kappa shape index (κ3) is 4.49. The van der Waals surface area contributed by atoms with Crippen LogP contribution in [-0.4, -0.2) is 33.5 Å². The summed E-state index contributed by atoms with van der Waals surface area (Å²) in [7, 11) is 0. The molecular weight excluding hydrogens is 356 g/mol. The van der Waals surface area contributed by atoms with Crippen LogP contribution < -0.4 is 15.6 Å². The molecule has 0 aliphatic heterocycles. The Hall–Kier alpha value is -3.35. The number of ether oxygens (including phenoxy) is 1. The van der Waals surface area contributed by atoms with Gasteiger partial charge in [0.1, 0.15) is 11.6 Å². The number of H-pyrrole nitrogens is 1. The number of carbonyl (C=O) groups is 1. The molecule has 146 valence electrons. The summed E-state index contributed by atoms with van der Waals surface area (Å²) in [6.07, 6.45) is -0.00722. The molecule has 0 aliphatic carbocycles. The van der Waals surface area contributed by atoms with Crippen molar-refractivity contribution in [1.82, 2.24) is 14.9 Å². The van der Waals surface area contributed by atoms with E-state index in [1.807, 2.05) is 45.0 Å². The lowest BCUT2D eigenvalue weighted by Crippen LogP contribution is -2.35. The number of urea groups is 1. The number of nitrogens with zero attached hydrogens (tertiary/aromatic N) is 2. The zero-order chi connectivity index (χ0) is 20.1. The summed E-state index contributed by atoms with van der Waals surface area (Å²) in [5.74, 6) is 1.05. The summed E-state index contributed by atoms with van der Waals surface area (Å²) in [5, 5.41) is 3.41. The zero-order valence-corrected chi connectivity index (χ0v) is 16.2. The monoisotopic (exact) mass is 380 g/mol. The molecule has 7 heteroatoms. The summed E-state index contributed by atoms with van der Waals surface area (Å²) < 4.78 is 5.75. The van der Waals surface area contributed by atoms with Gasteiger partial charge in [-0.15, -0.1) is 0 Å². The molecule has 7 nitrogen and oxygen atoms in total. The van der Waals surface area contributed by atoms with Crippen molar-refractivity contribution in [2.45, 2.75) is 33.4 Å². The van der Waals surface area contributed by atoms with Crippen LogP contribution in [0, 0.1) is 0 Å². The van der Waals surface area contributed by atoms with E-state index >= 15 is 0 Å². The number of aromatic nitrogens is 2. The van der Waals surface area contributed by atoms with Crippen LogP contribution >= 0.6 is 0 Å². The van der Waals surface area contributed by atoms with Gasteiger partial charge in [-0.3, -0.25) is 4.79 Å². The Morgan fingerprint density at radius 1 is 1.18 bits per heavy atom. The van der Waals surface area contributed by atoms with Crippen LogP contribution in [0.25, 0.3) is 10.9 Å². The summed E-state index contributed by atoms with van der Waals surface area (Å²) in [6, 6.07) is 14.1. The Bertz CT molecular complexity index is 1030. The quantitative estimate of drug-likeness (QED) is 0.681. The minimum atomic E-state index is -0.293. The molecule has 0 bridgehead atoms. The number of anilines is 1. The van der Waals surface area contributed by atoms with Crippen molar-refractivity contribution < 1.29 is 9.53 Å². The molecular formula is C21H24N4O3. The first-order chi connectivity index (χ1) is 13.5. The van der Waals surface area contributed by atoms with E-state index in [0.29, 0.717) is 34.7 Å². The SMILES string of the molecule is CCN(Cc1nc2ccccc2c(=O)[nH]1)C(=O)Nc1ccccc1OC(C)C. The maximum atomic E-state index is 12.8. The standard InChI is InChI=1S/C21H24N4O3/c1-4-25(13-19-22-16-10-6-5-9-15(16)20(26)24-19)21(27)23-17-11-7-8-12-18(17)28-14(2)3/h5-12,14H,4,13H2,1-3H3,(H,23,27)(H,22,24,26). The average Bonchev–Trinajstić information content (AvgIpc) is 2.67. The smallest absolute Gasteiger partial charge is 0.322 e. The van der Waals surface area contributed by atoms with Gasteiger partial charge >= 0.3 is 6.03 Å². The first-order valence-electron chi connectivity index (χ1n) is 9.27. The van der Waals surface area contributed by atoms with Crippen molar-refractivity contribution >= 4 is 22.6 Å². The molecule has 0 radical (unpaired) electrons. The van der Waals surface area contributed by atoms with E-state index in [9.17, 15) is 9.59 Å². The highest BCUT2D eigenvalue weighted by Crippen LogP contribution is 2.25. The van der Waals surface area contributed by atoms with Gasteiger partial charge in [0.2, 0.25) is 0 Å². The molecule has 2 amide bonds. The van der Waals surface area contributed by atoms with Gasteiger partial charge in [0.15, 0.2) is 0 Å². The molecule has 0 fully saturated rings. The van der Waals surface area contributed by atoms with Gasteiger partial charge in [-0.1, -0.05) is 24.3 Å². The Morgan fingerprint density at radius 2 is 1.89 bits per heavy atom. The van der Waals surface area contributed by atoms with Crippen LogP contribution in [0.1, 0.15) is 26.6 Å². The van der Waals surface area contributed by atoms with E-state index < -0.39 is 0 Å². The molecule has 0 unspecified atom stereocenters. The molecule has 3 aromatic rings. The Kier molecular flexibility index (Phi) is 5.93. The third-order valence-electron chi connectivity index (χ3n) is 4.16. The average molecular weight is 380 g/mol. The van der Waals surface area contributed by atoms with E-state index in [1.54, 1.807) is 29.2 Å². The highest BCUT2D eigenvalue weighted by molar-refractivity contribution is 5.91. The van der Waals surface area contributed by atoms with E-state index in [0.717, 1.165) is 0 Å². The number of carbonyl (C=O) groups excluding carboxylic acids is 1. The molecule has 0 atom stereocenters. The number of para-hydroxylation sites is 3. The Morgan fingerprint density at radius 3 is 2.64 bits per heavy atom. The number of hydrogen-bond donors (Lipinski definition) is 2. The maximum Gasteiger partial charge on any atom is 0.322 e. The van der Waals surface area contributed by atoms with E-state index in [1.165, 1.54) is 0 Å². The normalized spacial score (nSPS) is 10.9. The molecule has 28 heavy (non-hydrogen) atoms. The number of hydrogen-bond acceptors (Lipinski definition) is 4. The Balaban J connectivity index is 1.79. The van der Waals surface area contributed by atoms with Crippen molar-refractivity contribution in [2.75, 3.05) is 11.9 Å². The molecule has 1 heterocycles. The zero-order valence-electron chi connectivity index (χ0n) is 16.2. The van der Waals surface area contributed by atoms with Crippen molar-refractivity contribution in [1.29, 1.82) is 0 Å². The Labute approximate surface area is 163 Å². The van der Waals surface area contributed by atoms with Gasteiger partial charge in [0.25, 0.3) is 5.56 Å². The highest BCUT2D eigenvalue weighted by Gasteiger charge is 2.16. The lowest BCUT2D eigenvalue weighted by atomic mass is 10.2. The molecule has 0 aliphatic rings. The van der Waals surface area contributed by atoms with E-state index in [-0.39, 0.29) is 24.2 Å². The molecule has 0 saturated carbocycles. The largest absolute Gasteiger partial charge is 0.489 e. The predicted octanol–water partition coefficient (Wildman–Crippen LogP) is 3.76. The van der Waals surface area contributed by atoms with Crippen LogP contribution in [0.2, 0.25) is 0 Å². The topological polar surface area (TPSA) is 87.3 Å². The van der Waals surface area contributed by atoms with Gasteiger partial charge in [-0.25, -0.2) is 9.78 Å². The number of benzene rings is 2. The van der Waals surface area contributed by atoms with Gasteiger partial charge in [-0.05, 0) is 45.0 Å². The van der Waals surface area contributed by atoms with Crippen molar-refractivity contribution in [2.24, 2.45) is 0 Å². The van der Waals surface area contributed by atoms with E-state index in [4.69, 9.17) is 4.74 Å². The van der Waals surface area contributed by atoms with Gasteiger partial charge in [0.05, 0.1) is 29.2 Å². The van der Waals surface area contributed by atoms with E-state index in [2.05, 4.69) is 15.3 Å². The number of aromatic amines is 1. The summed E-state index contributed by atoms with van der Waals surface area (Å²) in [4.78, 5) is 33.8. The molecule has 2 aromatic carbocycles. The fourth-order valence-corrected chi connectivity index (χ4v) is 2.84. The first kappa shape index (κ1) is 19.4. The molecule has 0 spiro atoms. The highest BCUT2D eigenvalue weighted by atomic mass is 16.5. The van der Waals surface area contributed by atoms with Crippen molar-refractivity contribution in [3.8, 4) is 5.75 Å². The van der Waals surface area contributed by atoms with Crippen LogP contribution in [-0.2, 0) is 6.54 Å². The van der Waals surface area contributed by atoms with Crippen molar-refractivity contribution in [3.05, 3.63) is 64.7 Å². The van der Waals surface area contributed by atoms with Crippen LogP contribution in [0.15, 0.2) is 53.3 Å². The third-order valence-corrected chi connectivity index (χ3v) is 4.16. The van der Waals surface area contributed by atoms with Gasteiger partial charge in [-0.2, -0.15) is 0 Å². The fraction of sp³-hybridized carbons (Fsp3) is 0.286. The summed E-state index contributed by atoms with van der Waals surface area (Å²) in [6.45, 7) is 6.37. The summed E-state index contributed by atoms with van der Waals surface area (Å²) in [5.41, 5.74) is 0.987. The fourth-order valence-electron chi connectivity index (χ4n) is 2.84. The molecule has 3 rings (SSSR count). The lowest BCUT2D eigenvalue weighted by molar-refractivity contribution is 0.210. The minimum absolute atomic E-state index is 0.00722. The second-order valence-corrected chi connectivity index (χ2v) is 6.64. The molecule has 2 N–H and O–H groups in total. The number of amides is 2. The van der Waals surface area contributed by atoms with Crippen LogP contribution in [0.4, 0.5) is 10.5 Å². The number of rotatable bonds is 6.